The number of aromatic carboxylic acids is 3. The number of amides is 3. The number of ether oxygens (including phenoxy) is 3. The van der Waals surface area contributed by atoms with Crippen molar-refractivity contribution >= 4 is 166 Å². The van der Waals surface area contributed by atoms with E-state index in [1.54, 1.807) is 57.2 Å². The second-order valence-electron chi connectivity index (χ2n) is 37.2. The highest BCUT2D eigenvalue weighted by molar-refractivity contribution is 6.37. The molecular weight excluding hydrogens is 1910 g/mol. The van der Waals surface area contributed by atoms with Crippen molar-refractivity contribution in [3.8, 4) is 50.6 Å². The Kier molecular flexibility index (Phi) is 27.9. The van der Waals surface area contributed by atoms with Gasteiger partial charge in [-0.05, 0) is 301 Å². The summed E-state index contributed by atoms with van der Waals surface area (Å²) in [6, 6.07) is 41.4. The summed E-state index contributed by atoms with van der Waals surface area (Å²) in [5.74, 6) is -1.32. The number of carboxylic acids is 3. The molecule has 0 bridgehead atoms. The molecule has 3 aliphatic rings. The third-order valence-corrected chi connectivity index (χ3v) is 30.5. The minimum absolute atomic E-state index is 0.130. The van der Waals surface area contributed by atoms with Crippen LogP contribution in [-0.4, -0.2) is 138 Å². The molecule has 2 atom stereocenters. The van der Waals surface area contributed by atoms with E-state index in [2.05, 4.69) is 37.7 Å². The molecule has 25 nitrogen and oxygen atoms in total. The van der Waals surface area contributed by atoms with E-state index in [4.69, 9.17) is 88.9 Å². The summed E-state index contributed by atoms with van der Waals surface area (Å²) in [7, 11) is 7.62. The quantitative estimate of drug-likeness (QED) is 0.0474. The lowest BCUT2D eigenvalue weighted by atomic mass is 9.98. The van der Waals surface area contributed by atoms with E-state index in [1.165, 1.54) is 18.2 Å². The van der Waals surface area contributed by atoms with Gasteiger partial charge < -0.3 is 62.5 Å². The van der Waals surface area contributed by atoms with Gasteiger partial charge in [-0.3, -0.25) is 28.4 Å². The molecule has 0 radical (unpaired) electrons. The zero-order chi connectivity index (χ0) is 101. The van der Waals surface area contributed by atoms with Gasteiger partial charge in [-0.15, -0.1) is 0 Å². The SMILES string of the molecule is Cc1cc(OCCCc2c3n(c4c(-c5c(C)nn(C)c5C)c(Cl)ccc24)CCN(c2ccc(C(=O)O)cc2)C3=O)cc(C)c1Cl.Cc1cc(OCCCc2c3n(c4c(-c5c(C)nn(C)c5C)c(Cl)ccc24)[C@@H](C)CN(c2cc(C(=O)O)c4ccn(C)c4c2)C3=O)cc(C)c1Cl.Cc1cc(OCCCc2c3n(c4c(-c5c(C)nn(C)c5C)c(Cl)ccc24)[C@H](C)CN(c2cccc(C(=O)O)c2)C3=O)cc(C)c1Cl. The van der Waals surface area contributed by atoms with E-state index in [9.17, 15) is 44.1 Å². The molecule has 0 saturated heterocycles. The maximum absolute atomic E-state index is 14.9. The molecular formula is C110H109Cl6N13O12. The van der Waals surface area contributed by atoms with Crippen LogP contribution in [0, 0.1) is 83.1 Å². The number of hydrogen-bond donors (Lipinski definition) is 3. The topological polar surface area (TPSA) is 274 Å². The fraction of sp³-hybridized carbons (Fsp3) is 0.300. The summed E-state index contributed by atoms with van der Waals surface area (Å²) in [6.07, 6.45) is 5.57. The maximum Gasteiger partial charge on any atom is 0.336 e. The lowest BCUT2D eigenvalue weighted by molar-refractivity contribution is 0.0686. The highest BCUT2D eigenvalue weighted by Crippen LogP contribution is 2.50. The summed E-state index contributed by atoms with van der Waals surface area (Å²) >= 11 is 40.1. The van der Waals surface area contributed by atoms with Gasteiger partial charge >= 0.3 is 17.9 Å². The molecule has 0 saturated carbocycles. The third-order valence-electron chi connectivity index (χ3n) is 27.8. The number of carbonyl (C=O) groups is 6. The van der Waals surface area contributed by atoms with Crippen LogP contribution >= 0.6 is 69.6 Å². The van der Waals surface area contributed by atoms with E-state index < -0.39 is 17.9 Å². The van der Waals surface area contributed by atoms with Crippen LogP contribution in [0.3, 0.4) is 0 Å². The number of carbonyl (C=O) groups excluding carboxylic acids is 3. The lowest BCUT2D eigenvalue weighted by Gasteiger charge is -2.34. The third kappa shape index (κ3) is 18.2. The standard InChI is InChI=1S/C39H39Cl2N5O4.C36H36Cl2N4O4.C35H34Cl2N4O4/c1-20-15-26(16-21(2)35(20)41)50-14-8-9-28-29-10-11-31(40)34(33-23(4)42-44(7)24(33)5)36(29)46-22(3)19-45(38(47)37(28)46)25-17-30(39(48)49)27-12-13-43(6)32(27)18-25;1-19-15-26(16-20(2)32(19)38)46-14-8-11-27-28-12-13-29(37)31(30-22(4)39-40(6)23(30)5)33(28)42-21(3)18-41(35(43)34(27)42)25-10-7-9-24(17-25)36(44)45;1-19-17-25(18-20(2)31(19)37)45-16-6-7-26-27-12-13-28(36)30(29-21(3)38-39(5)22(29)4)32(27)41-15-14-40(34(42)33(26)41)24-10-8-23(9-11-24)35(43)44/h10-13,15-18,22H,8-9,14,19H2,1-7H3,(H,48,49);7,9-10,12-13,15-17,21H,8,11,14,18H2,1-6H3,(H,44,45);8-13,17-18H,6-7,14-16H2,1-5H3,(H,43,44)/t22-;21-;/m01./s1. The summed E-state index contributed by atoms with van der Waals surface area (Å²) in [4.78, 5) is 84.5. The van der Waals surface area contributed by atoms with Crippen molar-refractivity contribution in [3.63, 3.8) is 0 Å². The first-order valence-electron chi connectivity index (χ1n) is 46.8. The summed E-state index contributed by atoms with van der Waals surface area (Å²) < 4.78 is 32.3. The van der Waals surface area contributed by atoms with Crippen molar-refractivity contribution in [1.82, 2.24) is 47.6 Å². The van der Waals surface area contributed by atoms with Crippen molar-refractivity contribution < 1.29 is 58.3 Å². The number of aromatic nitrogens is 10. The van der Waals surface area contributed by atoms with E-state index in [-0.39, 0.29) is 46.5 Å². The van der Waals surface area contributed by atoms with Crippen molar-refractivity contribution in [3.05, 3.63) is 294 Å². The molecule has 3 N–H and O–H groups in total. The van der Waals surface area contributed by atoms with Gasteiger partial charge in [0.15, 0.2) is 0 Å². The van der Waals surface area contributed by atoms with Crippen LogP contribution in [0.5, 0.6) is 17.2 Å². The fourth-order valence-corrected chi connectivity index (χ4v) is 21.9. The van der Waals surface area contributed by atoms with Gasteiger partial charge in [0.25, 0.3) is 17.7 Å². The van der Waals surface area contributed by atoms with Crippen LogP contribution < -0.4 is 28.9 Å². The van der Waals surface area contributed by atoms with Crippen LogP contribution in [0.15, 0.2) is 146 Å². The normalized spacial score (nSPS) is 14.1. The molecule has 10 heterocycles. The number of rotatable bonds is 24. The van der Waals surface area contributed by atoms with Gasteiger partial charge in [0.05, 0.1) is 90.7 Å². The summed E-state index contributed by atoms with van der Waals surface area (Å²) in [6.45, 7) is 31.0. The first-order valence-corrected chi connectivity index (χ1v) is 49.1. The number of aryl methyl sites for hydroxylation is 16. The zero-order valence-corrected chi connectivity index (χ0v) is 86.3. The monoisotopic (exact) mass is 2010 g/mol. The molecule has 0 aliphatic carbocycles. The Morgan fingerprint density at radius 1 is 0.383 bits per heavy atom. The highest BCUT2D eigenvalue weighted by atomic mass is 35.5. The summed E-state index contributed by atoms with van der Waals surface area (Å²) in [5, 5.41) is 50.6. The van der Waals surface area contributed by atoms with Gasteiger partial charge in [0, 0.05) is 177 Å². The molecule has 0 spiro atoms. The minimum Gasteiger partial charge on any atom is -0.494 e. The molecule has 31 heteroatoms. The van der Waals surface area contributed by atoms with Crippen LogP contribution in [0.2, 0.25) is 30.1 Å². The molecule has 0 fully saturated rings. The molecule has 728 valence electrons. The van der Waals surface area contributed by atoms with Crippen LogP contribution in [0.1, 0.15) is 192 Å². The Morgan fingerprint density at radius 3 is 1.14 bits per heavy atom. The molecule has 0 unspecified atom stereocenters. The lowest BCUT2D eigenvalue weighted by Crippen LogP contribution is -2.42. The van der Waals surface area contributed by atoms with Gasteiger partial charge in [0.1, 0.15) is 34.3 Å². The predicted octanol–water partition coefficient (Wildman–Crippen LogP) is 25.5. The van der Waals surface area contributed by atoms with Crippen LogP contribution in [0.25, 0.3) is 77.0 Å². The number of anilines is 3. The number of fused-ring (bicyclic) bond motifs is 10. The largest absolute Gasteiger partial charge is 0.494 e. The molecule has 9 aromatic carbocycles. The van der Waals surface area contributed by atoms with Gasteiger partial charge in [-0.2, -0.15) is 15.3 Å². The zero-order valence-electron chi connectivity index (χ0n) is 81.8. The van der Waals surface area contributed by atoms with Gasteiger partial charge in [-0.25, -0.2) is 14.4 Å². The molecule has 3 amide bonds. The average Bonchev–Trinajstić information content (AvgIpc) is 1.56. The number of nitrogens with zero attached hydrogens (tertiary/aromatic N) is 13. The van der Waals surface area contributed by atoms with Crippen molar-refractivity contribution in [2.45, 2.75) is 154 Å². The Morgan fingerprint density at radius 2 is 0.759 bits per heavy atom. The van der Waals surface area contributed by atoms with E-state index in [0.29, 0.717) is 139 Å². The van der Waals surface area contributed by atoms with Crippen molar-refractivity contribution in [2.24, 2.45) is 28.2 Å². The number of hydrogen-bond acceptors (Lipinski definition) is 12. The second-order valence-corrected chi connectivity index (χ2v) is 39.5. The van der Waals surface area contributed by atoms with E-state index >= 15 is 0 Å². The summed E-state index contributed by atoms with van der Waals surface area (Å²) in [5.41, 5.74) is 27.0. The number of halogens is 6. The second kappa shape index (κ2) is 39.7. The van der Waals surface area contributed by atoms with Crippen molar-refractivity contribution in [1.29, 1.82) is 0 Å². The first kappa shape index (κ1) is 99.3. The number of carboxylic acid groups (broad SMARTS) is 3. The predicted molar refractivity (Wildman–Crippen MR) is 561 cm³/mol. The maximum atomic E-state index is 14.9. The van der Waals surface area contributed by atoms with E-state index in [1.807, 2.05) is 215 Å². The first-order chi connectivity index (χ1) is 67.1. The van der Waals surface area contributed by atoms with E-state index in [0.717, 1.165) is 188 Å². The average molecular weight is 2020 g/mol. The number of benzene rings is 9. The molecule has 141 heavy (non-hydrogen) atoms. The highest BCUT2D eigenvalue weighted by Gasteiger charge is 2.41. The smallest absolute Gasteiger partial charge is 0.336 e. The molecule has 19 rings (SSSR count). The van der Waals surface area contributed by atoms with Gasteiger partial charge in [-0.1, -0.05) is 93.9 Å². The Labute approximate surface area is 846 Å². The van der Waals surface area contributed by atoms with Crippen LogP contribution in [0.4, 0.5) is 17.1 Å². The Hall–Kier alpha value is -13.3. The molecule has 3 aliphatic heterocycles. The van der Waals surface area contributed by atoms with Gasteiger partial charge in [0.2, 0.25) is 0 Å². The molecule has 7 aromatic heterocycles. The minimum atomic E-state index is -1.04. The Balaban J connectivity index is 0.000000146. The Bertz CT molecular complexity index is 7790. The fourth-order valence-electron chi connectivity index (χ4n) is 20.9. The van der Waals surface area contributed by atoms with Crippen LogP contribution in [-0.2, 0) is 54.0 Å². The molecule has 16 aromatic rings. The van der Waals surface area contributed by atoms with Crippen molar-refractivity contribution in [2.75, 3.05) is 54.2 Å².